The lowest BCUT2D eigenvalue weighted by atomic mass is 10.2. The largest absolute Gasteiger partial charge is 0.288 e. The lowest BCUT2D eigenvalue weighted by Crippen LogP contribution is -2.48. The summed E-state index contributed by atoms with van der Waals surface area (Å²) in [6.07, 6.45) is 8.48. The molecule has 2 aliphatic heterocycles. The summed E-state index contributed by atoms with van der Waals surface area (Å²) in [5.41, 5.74) is 0.737. The van der Waals surface area contributed by atoms with Gasteiger partial charge in [0.15, 0.2) is 0 Å². The van der Waals surface area contributed by atoms with Crippen LogP contribution in [0.3, 0.4) is 0 Å². The minimum Gasteiger partial charge on any atom is -0.288 e. The van der Waals surface area contributed by atoms with E-state index in [0.717, 1.165) is 5.54 Å². The van der Waals surface area contributed by atoms with E-state index in [4.69, 9.17) is 0 Å². The maximum atomic E-state index is 4.01. The molecule has 0 amide bonds. The normalized spacial score (nSPS) is 26.5. The maximum absolute atomic E-state index is 4.01. The third kappa shape index (κ3) is 2.52. The van der Waals surface area contributed by atoms with Crippen LogP contribution in [0.2, 0.25) is 5.54 Å². The van der Waals surface area contributed by atoms with Gasteiger partial charge in [-0.15, -0.1) is 6.58 Å². The third-order valence-corrected chi connectivity index (χ3v) is 4.94. The summed E-state index contributed by atoms with van der Waals surface area (Å²) in [5, 5.41) is 0. The van der Waals surface area contributed by atoms with Crippen LogP contribution < -0.4 is 0 Å². The first-order valence-corrected chi connectivity index (χ1v) is 7.59. The summed E-state index contributed by atoms with van der Waals surface area (Å²) in [7, 11) is 1.24. The zero-order valence-electron chi connectivity index (χ0n) is 9.99. The summed E-state index contributed by atoms with van der Waals surface area (Å²) < 4.78 is 0. The van der Waals surface area contributed by atoms with Crippen molar-refractivity contribution in [2.24, 2.45) is 0 Å². The van der Waals surface area contributed by atoms with Crippen molar-refractivity contribution in [3.63, 3.8) is 0 Å². The van der Waals surface area contributed by atoms with Crippen molar-refractivity contribution in [2.45, 2.75) is 37.4 Å². The average Bonchev–Trinajstić information content (AvgIpc) is 2.90. The fourth-order valence-corrected chi connectivity index (χ4v) is 3.87. The van der Waals surface area contributed by atoms with Gasteiger partial charge in [-0.05, 0) is 57.4 Å². The first-order chi connectivity index (χ1) is 7.33. The molecule has 2 saturated heterocycles. The summed E-state index contributed by atoms with van der Waals surface area (Å²) >= 11 is 0. The van der Waals surface area contributed by atoms with Crippen LogP contribution >= 0.6 is 0 Å². The Bertz CT molecular complexity index is 192. The van der Waals surface area contributed by atoms with Gasteiger partial charge >= 0.3 is 0 Å². The molecule has 0 N–H and O–H groups in total. The number of likely N-dealkylation sites (tertiary alicyclic amines) is 2. The van der Waals surface area contributed by atoms with Gasteiger partial charge < -0.3 is 0 Å². The minimum absolute atomic E-state index is 0.694. The van der Waals surface area contributed by atoms with Crippen molar-refractivity contribution < 1.29 is 0 Å². The van der Waals surface area contributed by atoms with E-state index in [-0.39, 0.29) is 0 Å². The van der Waals surface area contributed by atoms with E-state index in [1.807, 2.05) is 0 Å². The molecule has 86 valence electrons. The van der Waals surface area contributed by atoms with Crippen LogP contribution in [-0.2, 0) is 0 Å². The Balaban J connectivity index is 2.03. The van der Waals surface area contributed by atoms with Gasteiger partial charge in [0, 0.05) is 10.2 Å². The van der Waals surface area contributed by atoms with Crippen LogP contribution in [0.5, 0.6) is 0 Å². The molecule has 3 heteroatoms. The molecule has 2 heterocycles. The van der Waals surface area contributed by atoms with Gasteiger partial charge in [0.25, 0.3) is 0 Å². The Morgan fingerprint density at radius 2 is 1.33 bits per heavy atom. The predicted molar refractivity (Wildman–Crippen MR) is 69.3 cm³/mol. The van der Waals surface area contributed by atoms with E-state index in [1.165, 1.54) is 62.1 Å². The van der Waals surface area contributed by atoms with Gasteiger partial charge in [-0.3, -0.25) is 9.80 Å². The van der Waals surface area contributed by atoms with Crippen molar-refractivity contribution >= 4 is 10.2 Å². The second-order valence-corrected chi connectivity index (χ2v) is 6.33. The number of nitrogens with zero attached hydrogens (tertiary/aromatic N) is 2. The van der Waals surface area contributed by atoms with E-state index in [2.05, 4.69) is 22.5 Å². The molecule has 0 saturated carbocycles. The molecule has 0 aromatic carbocycles. The summed E-state index contributed by atoms with van der Waals surface area (Å²) in [4.78, 5) is 5.40. The van der Waals surface area contributed by atoms with Crippen LogP contribution in [0.15, 0.2) is 12.7 Å². The maximum Gasteiger partial charge on any atom is 0.0652 e. The molecule has 0 radical (unpaired) electrons. The fourth-order valence-electron chi connectivity index (χ4n) is 3.03. The fraction of sp³-hybridized carbons (Fsp3) is 0.833. The van der Waals surface area contributed by atoms with Gasteiger partial charge in [-0.1, -0.05) is 6.08 Å². The van der Waals surface area contributed by atoms with Crippen LogP contribution in [-0.4, -0.2) is 52.4 Å². The highest BCUT2D eigenvalue weighted by atomic mass is 28.1. The van der Waals surface area contributed by atoms with Crippen LogP contribution in [0.4, 0.5) is 0 Å². The Morgan fingerprint density at radius 1 is 0.933 bits per heavy atom. The van der Waals surface area contributed by atoms with Crippen LogP contribution in [0.1, 0.15) is 25.7 Å². The second-order valence-electron chi connectivity index (χ2n) is 4.99. The highest BCUT2D eigenvalue weighted by Gasteiger charge is 2.31. The minimum atomic E-state index is 0.694. The molecule has 2 rings (SSSR count). The van der Waals surface area contributed by atoms with Crippen molar-refractivity contribution in [3.8, 4) is 0 Å². The standard InChI is InChI=1S/C12H24N2Si/c1-2-11(15)12(13-7-3-4-8-13)14-9-5-6-10-14/h2,11-12H,1,3-10H2,15H3. The molecule has 0 aliphatic carbocycles. The quantitative estimate of drug-likeness (QED) is 0.516. The van der Waals surface area contributed by atoms with E-state index in [9.17, 15) is 0 Å². The van der Waals surface area contributed by atoms with Gasteiger partial charge in [0.1, 0.15) is 0 Å². The molecule has 0 bridgehead atoms. The number of hydrogen-bond donors (Lipinski definition) is 0. The predicted octanol–water partition coefficient (Wildman–Crippen LogP) is 0.844. The molecular weight excluding hydrogens is 200 g/mol. The zero-order chi connectivity index (χ0) is 10.7. The van der Waals surface area contributed by atoms with E-state index < -0.39 is 0 Å². The lowest BCUT2D eigenvalue weighted by Gasteiger charge is -2.38. The first-order valence-electron chi connectivity index (χ1n) is 6.43. The van der Waals surface area contributed by atoms with Crippen molar-refractivity contribution in [2.75, 3.05) is 26.2 Å². The number of hydrogen-bond acceptors (Lipinski definition) is 2. The van der Waals surface area contributed by atoms with E-state index >= 15 is 0 Å². The molecule has 0 aromatic heterocycles. The lowest BCUT2D eigenvalue weighted by molar-refractivity contribution is 0.0825. The first kappa shape index (κ1) is 11.4. The molecule has 2 aliphatic rings. The van der Waals surface area contributed by atoms with Crippen molar-refractivity contribution in [1.82, 2.24) is 9.80 Å². The Labute approximate surface area is 96.7 Å². The zero-order valence-corrected chi connectivity index (χ0v) is 12.0. The molecule has 2 fully saturated rings. The molecule has 15 heavy (non-hydrogen) atoms. The van der Waals surface area contributed by atoms with Crippen molar-refractivity contribution in [3.05, 3.63) is 12.7 Å². The smallest absolute Gasteiger partial charge is 0.0652 e. The van der Waals surface area contributed by atoms with Gasteiger partial charge in [0.05, 0.1) is 6.17 Å². The molecule has 1 atom stereocenters. The Morgan fingerprint density at radius 3 is 1.67 bits per heavy atom. The summed E-state index contributed by atoms with van der Waals surface area (Å²) in [6, 6.07) is 0. The SMILES string of the molecule is C=CC([SiH3])C(N1CCCC1)N1CCCC1. The highest BCUT2D eigenvalue weighted by Crippen LogP contribution is 2.26. The third-order valence-electron chi connectivity index (χ3n) is 3.87. The average molecular weight is 224 g/mol. The molecule has 0 aromatic rings. The molecule has 0 spiro atoms. The monoisotopic (exact) mass is 224 g/mol. The van der Waals surface area contributed by atoms with Gasteiger partial charge in [0.2, 0.25) is 0 Å². The van der Waals surface area contributed by atoms with Crippen LogP contribution in [0.25, 0.3) is 0 Å². The van der Waals surface area contributed by atoms with E-state index in [0.29, 0.717) is 6.17 Å². The highest BCUT2D eigenvalue weighted by molar-refractivity contribution is 6.13. The van der Waals surface area contributed by atoms with Crippen LogP contribution in [0, 0.1) is 0 Å². The van der Waals surface area contributed by atoms with Crippen molar-refractivity contribution in [1.29, 1.82) is 0 Å². The molecule has 2 nitrogen and oxygen atoms in total. The van der Waals surface area contributed by atoms with Gasteiger partial charge in [-0.25, -0.2) is 0 Å². The summed E-state index contributed by atoms with van der Waals surface area (Å²) in [5.74, 6) is 0. The molecule has 1 unspecified atom stereocenters. The Kier molecular flexibility index (Phi) is 4.00. The van der Waals surface area contributed by atoms with E-state index in [1.54, 1.807) is 0 Å². The topological polar surface area (TPSA) is 6.48 Å². The Hall–Kier alpha value is -0.123. The summed E-state index contributed by atoms with van der Waals surface area (Å²) in [6.45, 7) is 9.26. The number of rotatable bonds is 4. The second kappa shape index (κ2) is 5.28. The molecular formula is C12H24N2Si. The van der Waals surface area contributed by atoms with Gasteiger partial charge in [-0.2, -0.15) is 0 Å².